The van der Waals surface area contributed by atoms with Crippen LogP contribution in [-0.2, 0) is 9.53 Å². The van der Waals surface area contributed by atoms with Gasteiger partial charge in [-0.15, -0.1) is 0 Å². The number of carbonyl (C=O) groups is 2. The van der Waals surface area contributed by atoms with Crippen molar-refractivity contribution in [2.24, 2.45) is 0 Å². The van der Waals surface area contributed by atoms with Gasteiger partial charge in [-0.1, -0.05) is 41.4 Å². The molecule has 5 nitrogen and oxygen atoms in total. The quantitative estimate of drug-likeness (QED) is 0.546. The Balaban J connectivity index is 1.66. The molecular weight excluding hydrogens is 375 g/mol. The highest BCUT2D eigenvalue weighted by Gasteiger charge is 2.14. The molecule has 0 radical (unpaired) electrons. The third-order valence-electron chi connectivity index (χ3n) is 3.67. The van der Waals surface area contributed by atoms with Crippen LogP contribution in [0.4, 0.5) is 5.69 Å². The van der Waals surface area contributed by atoms with Gasteiger partial charge in [0.15, 0.2) is 6.61 Å². The molecule has 0 atom stereocenters. The van der Waals surface area contributed by atoms with Crippen LogP contribution in [0.3, 0.4) is 0 Å². The molecule has 0 heterocycles. The summed E-state index contributed by atoms with van der Waals surface area (Å²) in [6.45, 7) is 0.937. The normalized spacial score (nSPS) is 10.3. The summed E-state index contributed by atoms with van der Waals surface area (Å²) in [5.41, 5.74) is 1.29. The van der Waals surface area contributed by atoms with Gasteiger partial charge in [-0.05, 0) is 36.8 Å². The molecule has 0 unspecified atom stereocenters. The van der Waals surface area contributed by atoms with Crippen LogP contribution < -0.4 is 10.2 Å². The van der Waals surface area contributed by atoms with E-state index in [0.29, 0.717) is 11.6 Å². The second-order valence-electron chi connectivity index (χ2n) is 5.66. The highest BCUT2D eigenvalue weighted by atomic mass is 35.5. The lowest BCUT2D eigenvalue weighted by atomic mass is 10.2. The lowest BCUT2D eigenvalue weighted by Gasteiger charge is -2.19. The monoisotopic (exact) mass is 394 g/mol. The summed E-state index contributed by atoms with van der Waals surface area (Å²) in [6.07, 6.45) is 0.772. The van der Waals surface area contributed by atoms with Gasteiger partial charge < -0.3 is 15.0 Å². The predicted molar refractivity (Wildman–Crippen MR) is 104 cm³/mol. The Labute approximate surface area is 162 Å². The molecule has 0 aliphatic carbocycles. The number of para-hydroxylation sites is 1. The minimum Gasteiger partial charge on any atom is -0.452 e. The van der Waals surface area contributed by atoms with Gasteiger partial charge in [0.1, 0.15) is 0 Å². The van der Waals surface area contributed by atoms with Crippen LogP contribution in [0.1, 0.15) is 16.8 Å². The van der Waals surface area contributed by atoms with E-state index in [9.17, 15) is 9.59 Å². The van der Waals surface area contributed by atoms with E-state index in [-0.39, 0.29) is 23.1 Å². The number of halogens is 2. The smallest absolute Gasteiger partial charge is 0.340 e. The number of anilines is 1. The number of benzene rings is 2. The van der Waals surface area contributed by atoms with Gasteiger partial charge in [-0.3, -0.25) is 4.79 Å². The lowest BCUT2D eigenvalue weighted by molar-refractivity contribution is -0.124. The Morgan fingerprint density at radius 2 is 1.85 bits per heavy atom. The summed E-state index contributed by atoms with van der Waals surface area (Å²) in [7, 11) is 1.99. The molecular formula is C19H20Cl2N2O3. The van der Waals surface area contributed by atoms with Crippen LogP contribution in [0.15, 0.2) is 48.5 Å². The first-order valence-corrected chi connectivity index (χ1v) is 8.88. The van der Waals surface area contributed by atoms with Crippen molar-refractivity contribution in [3.8, 4) is 0 Å². The number of hydrogen-bond donors (Lipinski definition) is 1. The van der Waals surface area contributed by atoms with Gasteiger partial charge in [0.05, 0.1) is 10.6 Å². The van der Waals surface area contributed by atoms with E-state index in [2.05, 4.69) is 10.2 Å². The van der Waals surface area contributed by atoms with E-state index in [4.69, 9.17) is 27.9 Å². The molecule has 2 rings (SSSR count). The van der Waals surface area contributed by atoms with Crippen molar-refractivity contribution in [1.82, 2.24) is 5.32 Å². The van der Waals surface area contributed by atoms with Gasteiger partial charge >= 0.3 is 5.97 Å². The average Bonchev–Trinajstić information content (AvgIpc) is 2.63. The maximum absolute atomic E-state index is 11.9. The fourth-order valence-corrected chi connectivity index (χ4v) is 2.76. The molecule has 0 spiro atoms. The summed E-state index contributed by atoms with van der Waals surface area (Å²) in [6, 6.07) is 14.4. The fraction of sp³-hybridized carbons (Fsp3) is 0.263. The number of esters is 1. The predicted octanol–water partition coefficient (Wildman–Crippen LogP) is 3.79. The molecule has 0 saturated heterocycles. The van der Waals surface area contributed by atoms with E-state index in [0.717, 1.165) is 18.7 Å². The van der Waals surface area contributed by atoms with Crippen LogP contribution in [0.25, 0.3) is 0 Å². The molecule has 0 aliphatic rings. The van der Waals surface area contributed by atoms with Gasteiger partial charge in [0.2, 0.25) is 0 Å². The maximum atomic E-state index is 11.9. The molecule has 138 valence electrons. The van der Waals surface area contributed by atoms with E-state index in [1.807, 2.05) is 37.4 Å². The SMILES string of the molecule is CN(CCCNC(=O)COC(=O)c1ccc(Cl)cc1Cl)c1ccccc1. The number of carbonyl (C=O) groups excluding carboxylic acids is 2. The molecule has 0 aromatic heterocycles. The van der Waals surface area contributed by atoms with Crippen LogP contribution in [-0.4, -0.2) is 38.6 Å². The Kier molecular flexibility index (Phi) is 7.75. The Morgan fingerprint density at radius 1 is 1.12 bits per heavy atom. The number of hydrogen-bond acceptors (Lipinski definition) is 4. The Hall–Kier alpha value is -2.24. The van der Waals surface area contributed by atoms with Crippen molar-refractivity contribution in [2.45, 2.75) is 6.42 Å². The molecule has 1 N–H and O–H groups in total. The molecule has 0 aliphatic heterocycles. The van der Waals surface area contributed by atoms with Crippen molar-refractivity contribution in [3.63, 3.8) is 0 Å². The number of nitrogens with one attached hydrogen (secondary N) is 1. The number of nitrogens with zero attached hydrogens (tertiary/aromatic N) is 1. The van der Waals surface area contributed by atoms with Gasteiger partial charge in [0.25, 0.3) is 5.91 Å². The zero-order valence-electron chi connectivity index (χ0n) is 14.4. The minimum atomic E-state index is -0.661. The van der Waals surface area contributed by atoms with Crippen molar-refractivity contribution in [2.75, 3.05) is 31.6 Å². The highest BCUT2D eigenvalue weighted by Crippen LogP contribution is 2.21. The molecule has 0 saturated carbocycles. The van der Waals surface area contributed by atoms with Crippen LogP contribution >= 0.6 is 23.2 Å². The van der Waals surface area contributed by atoms with Crippen molar-refractivity contribution in [3.05, 3.63) is 64.1 Å². The second kappa shape index (κ2) is 10.0. The summed E-state index contributed by atoms with van der Waals surface area (Å²) < 4.78 is 4.97. The minimum absolute atomic E-state index is 0.174. The van der Waals surface area contributed by atoms with E-state index in [1.165, 1.54) is 18.2 Å². The molecule has 7 heteroatoms. The van der Waals surface area contributed by atoms with Crippen molar-refractivity contribution in [1.29, 1.82) is 0 Å². The van der Waals surface area contributed by atoms with E-state index >= 15 is 0 Å². The topological polar surface area (TPSA) is 58.6 Å². The first-order valence-electron chi connectivity index (χ1n) is 8.12. The van der Waals surface area contributed by atoms with E-state index < -0.39 is 5.97 Å². The standard InChI is InChI=1S/C19H20Cl2N2O3/c1-23(15-6-3-2-4-7-15)11-5-10-22-18(24)13-26-19(25)16-9-8-14(20)12-17(16)21/h2-4,6-9,12H,5,10-11,13H2,1H3,(H,22,24). The fourth-order valence-electron chi connectivity index (χ4n) is 2.27. The van der Waals surface area contributed by atoms with Gasteiger partial charge in [-0.25, -0.2) is 4.79 Å². The Morgan fingerprint density at radius 3 is 2.54 bits per heavy atom. The van der Waals surface area contributed by atoms with Gasteiger partial charge in [0, 0.05) is 30.8 Å². The summed E-state index contributed by atoms with van der Waals surface area (Å²) in [5.74, 6) is -1.02. The summed E-state index contributed by atoms with van der Waals surface area (Å²) in [5, 5.41) is 3.33. The number of rotatable bonds is 8. The van der Waals surface area contributed by atoms with Crippen molar-refractivity contribution >= 4 is 40.8 Å². The molecule has 0 bridgehead atoms. The zero-order chi connectivity index (χ0) is 18.9. The zero-order valence-corrected chi connectivity index (χ0v) is 15.9. The molecule has 2 aromatic rings. The van der Waals surface area contributed by atoms with Crippen LogP contribution in [0.2, 0.25) is 10.0 Å². The molecule has 0 fully saturated rings. The van der Waals surface area contributed by atoms with Crippen LogP contribution in [0.5, 0.6) is 0 Å². The molecule has 26 heavy (non-hydrogen) atoms. The third kappa shape index (κ3) is 6.24. The van der Waals surface area contributed by atoms with Crippen molar-refractivity contribution < 1.29 is 14.3 Å². The number of amides is 1. The Bertz CT molecular complexity index is 754. The van der Waals surface area contributed by atoms with E-state index in [1.54, 1.807) is 0 Å². The third-order valence-corrected chi connectivity index (χ3v) is 4.22. The van der Waals surface area contributed by atoms with Gasteiger partial charge in [-0.2, -0.15) is 0 Å². The number of ether oxygens (including phenoxy) is 1. The largest absolute Gasteiger partial charge is 0.452 e. The average molecular weight is 395 g/mol. The first kappa shape index (κ1) is 20.1. The molecule has 1 amide bonds. The summed E-state index contributed by atoms with van der Waals surface area (Å²) >= 11 is 11.7. The first-order chi connectivity index (χ1) is 12.5. The lowest BCUT2D eigenvalue weighted by Crippen LogP contribution is -2.31. The second-order valence-corrected chi connectivity index (χ2v) is 6.50. The highest BCUT2D eigenvalue weighted by molar-refractivity contribution is 6.36. The maximum Gasteiger partial charge on any atom is 0.340 e. The molecule has 2 aromatic carbocycles. The van der Waals surface area contributed by atoms with Crippen LogP contribution in [0, 0.1) is 0 Å². The summed E-state index contributed by atoms with van der Waals surface area (Å²) in [4.78, 5) is 25.8.